The molecule has 0 atom stereocenters. The van der Waals surface area contributed by atoms with Gasteiger partial charge < -0.3 is 13.9 Å². The summed E-state index contributed by atoms with van der Waals surface area (Å²) in [5, 5.41) is 10.3. The fraction of sp³-hybridized carbons (Fsp3) is 0.278. The van der Waals surface area contributed by atoms with Gasteiger partial charge in [0.2, 0.25) is 5.71 Å². The molecule has 0 saturated heterocycles. The van der Waals surface area contributed by atoms with Crippen molar-refractivity contribution in [2.45, 2.75) is 67.2 Å². The fourth-order valence-electron chi connectivity index (χ4n) is 5.38. The van der Waals surface area contributed by atoms with Crippen LogP contribution in [0.5, 0.6) is 0 Å². The third-order valence-electron chi connectivity index (χ3n) is 7.22. The van der Waals surface area contributed by atoms with E-state index in [1.165, 1.54) is 31.1 Å². The average molecular weight is 767 g/mol. The molecule has 0 bridgehead atoms. The largest absolute Gasteiger partial charge is 0.512 e. The van der Waals surface area contributed by atoms with Gasteiger partial charge in [-0.05, 0) is 55.9 Å². The number of allylic oxidation sites excluding steroid dienone is 2. The van der Waals surface area contributed by atoms with E-state index in [4.69, 9.17) is 13.9 Å². The van der Waals surface area contributed by atoms with Crippen LogP contribution in [-0.2, 0) is 24.9 Å². The maximum atomic E-state index is 10.0. The van der Waals surface area contributed by atoms with E-state index in [1.807, 2.05) is 26.0 Å². The first-order valence-corrected chi connectivity index (χ1v) is 14.4. The standard InChI is InChI=1S/C31H28N3O2.C5H8O2.Ir/c1-16(2)20-8-7-9-21(17(3)4)27(20)26-14-25-30(35-26)28(33-15-32-25)24-13-18(5)12-23-22-11-10-19(6)34-31(22)36-29(23)24;1-4(6)3-5(2)7;/h7-12,14-17H,1-6H3;3,6H,1-2H3;/q-1;;/b;4-3-;. The summed E-state index contributed by atoms with van der Waals surface area (Å²) in [4.78, 5) is 23.8. The van der Waals surface area contributed by atoms with E-state index in [9.17, 15) is 4.79 Å². The predicted octanol–water partition coefficient (Wildman–Crippen LogP) is 9.55. The molecule has 4 aromatic heterocycles. The molecule has 1 radical (unpaired) electrons. The van der Waals surface area contributed by atoms with Gasteiger partial charge in [-0.1, -0.05) is 63.8 Å². The quantitative estimate of drug-likeness (QED) is 0.106. The van der Waals surface area contributed by atoms with Crippen molar-refractivity contribution >= 4 is 39.0 Å². The molecular weight excluding hydrogens is 731 g/mol. The van der Waals surface area contributed by atoms with Gasteiger partial charge in [-0.25, -0.2) is 9.97 Å². The number of hydrogen-bond acceptors (Lipinski definition) is 7. The Morgan fingerprint density at radius 3 is 2.18 bits per heavy atom. The third-order valence-corrected chi connectivity index (χ3v) is 7.22. The topological polar surface area (TPSA) is 102 Å². The molecule has 0 fully saturated rings. The van der Waals surface area contributed by atoms with Crippen LogP contribution >= 0.6 is 0 Å². The zero-order chi connectivity index (χ0) is 31.0. The summed E-state index contributed by atoms with van der Waals surface area (Å²) in [5.41, 5.74) is 9.72. The molecule has 6 aromatic rings. The van der Waals surface area contributed by atoms with Crippen LogP contribution in [0.4, 0.5) is 0 Å². The van der Waals surface area contributed by atoms with Crippen LogP contribution < -0.4 is 0 Å². The van der Waals surface area contributed by atoms with E-state index in [0.717, 1.165) is 44.4 Å². The monoisotopic (exact) mass is 767 g/mol. The molecule has 2 aromatic carbocycles. The van der Waals surface area contributed by atoms with Crippen LogP contribution in [0.2, 0.25) is 0 Å². The Kier molecular flexibility index (Phi) is 9.87. The second-order valence-corrected chi connectivity index (χ2v) is 11.5. The first kappa shape index (κ1) is 32.8. The molecule has 0 aliphatic rings. The molecule has 6 rings (SSSR count). The Morgan fingerprint density at radius 2 is 1.59 bits per heavy atom. The molecule has 0 aliphatic carbocycles. The van der Waals surface area contributed by atoms with E-state index in [0.29, 0.717) is 34.4 Å². The van der Waals surface area contributed by atoms with Gasteiger partial charge in [0, 0.05) is 54.6 Å². The van der Waals surface area contributed by atoms with E-state index in [-0.39, 0.29) is 31.6 Å². The first-order chi connectivity index (χ1) is 20.4. The van der Waals surface area contributed by atoms with Gasteiger partial charge in [-0.2, -0.15) is 0 Å². The van der Waals surface area contributed by atoms with Gasteiger partial charge in [0.25, 0.3) is 0 Å². The number of aliphatic hydroxyl groups excluding tert-OH is 1. The molecule has 229 valence electrons. The fourth-order valence-corrected chi connectivity index (χ4v) is 5.38. The third kappa shape index (κ3) is 6.52. The minimum absolute atomic E-state index is 0. The number of ketones is 1. The molecule has 0 spiro atoms. The number of pyridine rings is 1. The number of nitrogens with zero attached hydrogens (tertiary/aromatic N) is 3. The van der Waals surface area contributed by atoms with Crippen molar-refractivity contribution < 1.29 is 38.8 Å². The average Bonchev–Trinajstić information content (AvgIpc) is 3.52. The maximum absolute atomic E-state index is 10.0. The SMILES string of the molecule is CC(=O)/C=C(/C)O.Cc1[c-]c(-c2ncnc3cc(-c4c(C(C)C)cccc4C(C)C)oc23)c2oc3nc(C)ccc3c2c1.[Ir]. The number of furan rings is 2. The van der Waals surface area contributed by atoms with Crippen LogP contribution in [0.25, 0.3) is 55.7 Å². The normalized spacial score (nSPS) is 11.7. The molecule has 0 saturated carbocycles. The first-order valence-electron chi connectivity index (χ1n) is 14.4. The van der Waals surface area contributed by atoms with Crippen LogP contribution in [0.1, 0.15) is 75.8 Å². The van der Waals surface area contributed by atoms with Gasteiger partial charge in [0.15, 0.2) is 5.78 Å². The van der Waals surface area contributed by atoms with Crippen molar-refractivity contribution in [3.05, 3.63) is 89.1 Å². The Labute approximate surface area is 270 Å². The molecule has 1 N–H and O–H groups in total. The van der Waals surface area contributed by atoms with E-state index < -0.39 is 0 Å². The van der Waals surface area contributed by atoms with Crippen molar-refractivity contribution in [1.82, 2.24) is 15.0 Å². The van der Waals surface area contributed by atoms with Gasteiger partial charge in [0.1, 0.15) is 23.2 Å². The minimum Gasteiger partial charge on any atom is -0.512 e. The van der Waals surface area contributed by atoms with Crippen molar-refractivity contribution in [2.75, 3.05) is 0 Å². The minimum atomic E-state index is -0.125. The second-order valence-electron chi connectivity index (χ2n) is 11.5. The number of aromatic nitrogens is 3. The zero-order valence-corrected chi connectivity index (χ0v) is 28.6. The van der Waals surface area contributed by atoms with Gasteiger partial charge in [-0.15, -0.1) is 17.7 Å². The van der Waals surface area contributed by atoms with Gasteiger partial charge in [-0.3, -0.25) is 9.78 Å². The molecule has 0 amide bonds. The van der Waals surface area contributed by atoms with Crippen LogP contribution in [0.15, 0.2) is 69.5 Å². The number of fused-ring (bicyclic) bond motifs is 4. The van der Waals surface area contributed by atoms with Crippen molar-refractivity contribution in [3.8, 4) is 22.6 Å². The summed E-state index contributed by atoms with van der Waals surface area (Å²) < 4.78 is 12.9. The summed E-state index contributed by atoms with van der Waals surface area (Å²) in [6.07, 6.45) is 2.75. The zero-order valence-electron chi connectivity index (χ0n) is 26.2. The summed E-state index contributed by atoms with van der Waals surface area (Å²) in [7, 11) is 0. The van der Waals surface area contributed by atoms with Crippen molar-refractivity contribution in [3.63, 3.8) is 0 Å². The summed E-state index contributed by atoms with van der Waals surface area (Å²) in [6.45, 7) is 15.7. The number of benzene rings is 2. The molecule has 0 aliphatic heterocycles. The number of aryl methyl sites for hydroxylation is 2. The Balaban J connectivity index is 0.000000497. The number of hydrogen-bond donors (Lipinski definition) is 1. The van der Waals surface area contributed by atoms with Crippen LogP contribution in [0, 0.1) is 19.9 Å². The van der Waals surface area contributed by atoms with E-state index in [1.54, 1.807) is 6.33 Å². The Morgan fingerprint density at radius 1 is 0.909 bits per heavy atom. The molecule has 7 nitrogen and oxygen atoms in total. The van der Waals surface area contributed by atoms with Crippen molar-refractivity contribution in [2.24, 2.45) is 0 Å². The van der Waals surface area contributed by atoms with Gasteiger partial charge >= 0.3 is 0 Å². The predicted molar refractivity (Wildman–Crippen MR) is 171 cm³/mol. The summed E-state index contributed by atoms with van der Waals surface area (Å²) >= 11 is 0. The second kappa shape index (κ2) is 13.2. The molecule has 0 unspecified atom stereocenters. The summed E-state index contributed by atoms with van der Waals surface area (Å²) in [6, 6.07) is 18.2. The molecule has 44 heavy (non-hydrogen) atoms. The van der Waals surface area contributed by atoms with E-state index in [2.05, 4.69) is 79.0 Å². The smallest absolute Gasteiger partial charge is 0.216 e. The Hall–Kier alpha value is -4.13. The van der Waals surface area contributed by atoms with E-state index >= 15 is 0 Å². The number of rotatable bonds is 5. The number of carbonyl (C=O) groups excluding carboxylic acids is 1. The van der Waals surface area contributed by atoms with Crippen molar-refractivity contribution in [1.29, 1.82) is 0 Å². The van der Waals surface area contributed by atoms with Gasteiger partial charge in [0.05, 0.1) is 11.3 Å². The summed E-state index contributed by atoms with van der Waals surface area (Å²) in [5.74, 6) is 1.46. The maximum Gasteiger partial charge on any atom is 0.216 e. The number of aliphatic hydroxyl groups is 1. The molecular formula is C36H36IrN3O4-. The molecule has 4 heterocycles. The number of carbonyl (C=O) groups is 1. The molecule has 8 heteroatoms. The van der Waals surface area contributed by atoms with Crippen LogP contribution in [-0.4, -0.2) is 25.8 Å². The van der Waals surface area contributed by atoms with Crippen LogP contribution in [0.3, 0.4) is 0 Å². The Bertz CT molecular complexity index is 1990.